The van der Waals surface area contributed by atoms with Crippen molar-refractivity contribution in [3.63, 3.8) is 0 Å². The second-order valence-corrected chi connectivity index (χ2v) is 8.39. The zero-order valence-corrected chi connectivity index (χ0v) is 16.3. The molecular weight excluding hydrogens is 340 g/mol. The highest BCUT2D eigenvalue weighted by atomic mass is 32.1. The lowest BCUT2D eigenvalue weighted by atomic mass is 10.00. The second-order valence-electron chi connectivity index (χ2n) is 7.44. The van der Waals surface area contributed by atoms with Crippen molar-refractivity contribution in [1.82, 2.24) is 4.90 Å². The van der Waals surface area contributed by atoms with Crippen molar-refractivity contribution in [3.8, 4) is 0 Å². The van der Waals surface area contributed by atoms with Gasteiger partial charge in [0.2, 0.25) is 0 Å². The van der Waals surface area contributed by atoms with Gasteiger partial charge in [-0.1, -0.05) is 12.1 Å². The lowest BCUT2D eigenvalue weighted by Crippen LogP contribution is -2.34. The zero-order valence-electron chi connectivity index (χ0n) is 15.5. The van der Waals surface area contributed by atoms with E-state index in [0.717, 1.165) is 29.7 Å². The molecule has 5 heteroatoms. The van der Waals surface area contributed by atoms with Gasteiger partial charge in [-0.15, -0.1) is 11.3 Å². The highest BCUT2D eigenvalue weighted by Gasteiger charge is 2.23. The number of thiophene rings is 1. The van der Waals surface area contributed by atoms with E-state index in [9.17, 15) is 0 Å². The quantitative estimate of drug-likeness (QED) is 0.640. The second kappa shape index (κ2) is 7.80. The van der Waals surface area contributed by atoms with Gasteiger partial charge in [0, 0.05) is 24.8 Å². The first-order chi connectivity index (χ1) is 12.7. The average Bonchev–Trinajstić information content (AvgIpc) is 3.32. The molecule has 0 saturated carbocycles. The number of aliphatic imine (C=N–C) groups is 1. The molecule has 1 saturated heterocycles. The van der Waals surface area contributed by atoms with Crippen molar-refractivity contribution in [1.29, 1.82) is 0 Å². The summed E-state index contributed by atoms with van der Waals surface area (Å²) >= 11 is 1.63. The normalized spacial score (nSPS) is 21.2. The maximum atomic E-state index is 6.18. The molecule has 1 aromatic heterocycles. The summed E-state index contributed by atoms with van der Waals surface area (Å²) in [5.41, 5.74) is 9.95. The predicted molar refractivity (Wildman–Crippen MR) is 112 cm³/mol. The van der Waals surface area contributed by atoms with Crippen LogP contribution >= 0.6 is 11.3 Å². The maximum absolute atomic E-state index is 6.18. The van der Waals surface area contributed by atoms with Crippen LogP contribution in [0, 0.1) is 0 Å². The van der Waals surface area contributed by atoms with Crippen molar-refractivity contribution in [3.05, 3.63) is 46.2 Å². The Morgan fingerprint density at radius 3 is 2.96 bits per heavy atom. The Morgan fingerprint density at radius 1 is 1.27 bits per heavy atom. The van der Waals surface area contributed by atoms with Gasteiger partial charge in [0.15, 0.2) is 0 Å². The Kier molecular flexibility index (Phi) is 5.27. The van der Waals surface area contributed by atoms with Crippen molar-refractivity contribution >= 4 is 28.5 Å². The van der Waals surface area contributed by atoms with E-state index in [1.54, 1.807) is 11.3 Å². The van der Waals surface area contributed by atoms with Crippen molar-refractivity contribution in [2.24, 2.45) is 10.7 Å². The van der Waals surface area contributed by atoms with Gasteiger partial charge in [-0.05, 0) is 74.8 Å². The molecule has 2 aliphatic heterocycles. The summed E-state index contributed by atoms with van der Waals surface area (Å²) < 4.78 is 0. The van der Waals surface area contributed by atoms with E-state index in [0.29, 0.717) is 5.84 Å². The number of fused-ring (bicyclic) bond motifs is 1. The van der Waals surface area contributed by atoms with Gasteiger partial charge in [0.1, 0.15) is 5.84 Å². The molecule has 0 radical (unpaired) electrons. The summed E-state index contributed by atoms with van der Waals surface area (Å²) in [7, 11) is 2.27. The Morgan fingerprint density at radius 2 is 2.19 bits per heavy atom. The number of hydrogen-bond acceptors (Lipinski definition) is 4. The smallest absolute Gasteiger partial charge is 0.141 e. The standard InChI is InChI=1S/C21H28N4S/c1-24-11-3-6-18(24)10-13-25-12-2-5-16-8-9-17(15-19(16)25)23-21(22)20-7-4-14-26-20/h4,7-9,14-15,18H,2-3,5-6,10-13H2,1H3,(H2,22,23)/t18-/m0/s1. The van der Waals surface area contributed by atoms with Crippen LogP contribution in [0.3, 0.4) is 0 Å². The molecule has 0 aliphatic carbocycles. The average molecular weight is 369 g/mol. The van der Waals surface area contributed by atoms with Crippen molar-refractivity contribution in [2.75, 3.05) is 31.6 Å². The molecule has 1 fully saturated rings. The van der Waals surface area contributed by atoms with Gasteiger partial charge in [-0.25, -0.2) is 4.99 Å². The topological polar surface area (TPSA) is 44.9 Å². The molecule has 138 valence electrons. The molecule has 1 aromatic carbocycles. The molecule has 0 spiro atoms. The first kappa shape index (κ1) is 17.6. The van der Waals surface area contributed by atoms with Gasteiger partial charge in [-0.3, -0.25) is 0 Å². The number of amidine groups is 1. The molecule has 4 rings (SSSR count). The number of benzene rings is 1. The highest BCUT2D eigenvalue weighted by Crippen LogP contribution is 2.32. The van der Waals surface area contributed by atoms with Crippen LogP contribution in [0.25, 0.3) is 0 Å². The van der Waals surface area contributed by atoms with Crippen LogP contribution in [-0.4, -0.2) is 43.5 Å². The molecule has 0 bridgehead atoms. The van der Waals surface area contributed by atoms with Gasteiger partial charge >= 0.3 is 0 Å². The van der Waals surface area contributed by atoms with E-state index in [4.69, 9.17) is 5.73 Å². The Hall–Kier alpha value is -1.85. The predicted octanol–water partition coefficient (Wildman–Crippen LogP) is 4.02. The third-order valence-electron chi connectivity index (χ3n) is 5.71. The maximum Gasteiger partial charge on any atom is 0.141 e. The molecule has 0 unspecified atom stereocenters. The highest BCUT2D eigenvalue weighted by molar-refractivity contribution is 7.12. The Labute approximate surface area is 160 Å². The number of nitrogens with zero attached hydrogens (tertiary/aromatic N) is 3. The van der Waals surface area contributed by atoms with Crippen molar-refractivity contribution < 1.29 is 0 Å². The third kappa shape index (κ3) is 3.79. The summed E-state index contributed by atoms with van der Waals surface area (Å²) in [5, 5.41) is 2.03. The van der Waals surface area contributed by atoms with Gasteiger partial charge in [0.05, 0.1) is 10.6 Å². The van der Waals surface area contributed by atoms with E-state index in [1.165, 1.54) is 49.9 Å². The minimum absolute atomic E-state index is 0.606. The minimum Gasteiger partial charge on any atom is -0.383 e. The summed E-state index contributed by atoms with van der Waals surface area (Å²) in [5.74, 6) is 0.606. The minimum atomic E-state index is 0.606. The van der Waals surface area contributed by atoms with Crippen LogP contribution in [-0.2, 0) is 6.42 Å². The molecule has 2 N–H and O–H groups in total. The Bertz CT molecular complexity index is 768. The van der Waals surface area contributed by atoms with Crippen molar-refractivity contribution in [2.45, 2.75) is 38.1 Å². The molecule has 1 atom stereocenters. The SMILES string of the molecule is CN1CCC[C@H]1CCN1CCCc2ccc(N=C(N)c3cccs3)cc21. The fraction of sp³-hybridized carbons (Fsp3) is 0.476. The molecule has 26 heavy (non-hydrogen) atoms. The van der Waals surface area contributed by atoms with Gasteiger partial charge in [-0.2, -0.15) is 0 Å². The van der Waals surface area contributed by atoms with Crippen LogP contribution in [0.4, 0.5) is 11.4 Å². The molecule has 2 aromatic rings. The lowest BCUT2D eigenvalue weighted by Gasteiger charge is -2.33. The number of nitrogens with two attached hydrogens (primary N) is 1. The van der Waals surface area contributed by atoms with E-state index < -0.39 is 0 Å². The number of hydrogen-bond donors (Lipinski definition) is 1. The number of anilines is 1. The molecule has 3 heterocycles. The first-order valence-electron chi connectivity index (χ1n) is 9.67. The number of likely N-dealkylation sites (tertiary alicyclic amines) is 1. The lowest BCUT2D eigenvalue weighted by molar-refractivity contribution is 0.297. The monoisotopic (exact) mass is 368 g/mol. The van der Waals surface area contributed by atoms with E-state index >= 15 is 0 Å². The molecular formula is C21H28N4S. The van der Waals surface area contributed by atoms with Crippen LogP contribution in [0.5, 0.6) is 0 Å². The van der Waals surface area contributed by atoms with E-state index in [-0.39, 0.29) is 0 Å². The summed E-state index contributed by atoms with van der Waals surface area (Å²) in [6, 6.07) is 11.4. The van der Waals surface area contributed by atoms with Crippen LogP contribution in [0.15, 0.2) is 40.7 Å². The summed E-state index contributed by atoms with van der Waals surface area (Å²) in [6.45, 7) is 3.54. The zero-order chi connectivity index (χ0) is 17.9. The van der Waals surface area contributed by atoms with Crippen LogP contribution in [0.1, 0.15) is 36.1 Å². The van der Waals surface area contributed by atoms with Crippen LogP contribution < -0.4 is 10.6 Å². The van der Waals surface area contributed by atoms with Gasteiger partial charge in [0.25, 0.3) is 0 Å². The summed E-state index contributed by atoms with van der Waals surface area (Å²) in [4.78, 5) is 10.8. The van der Waals surface area contributed by atoms with E-state index in [1.807, 2.05) is 17.5 Å². The van der Waals surface area contributed by atoms with E-state index in [2.05, 4.69) is 40.0 Å². The fourth-order valence-electron chi connectivity index (χ4n) is 4.21. The summed E-state index contributed by atoms with van der Waals surface area (Å²) in [6.07, 6.45) is 6.35. The first-order valence-corrected chi connectivity index (χ1v) is 10.5. The van der Waals surface area contributed by atoms with Crippen LogP contribution in [0.2, 0.25) is 0 Å². The fourth-order valence-corrected chi connectivity index (χ4v) is 4.84. The number of rotatable bonds is 5. The Balaban J connectivity index is 1.51. The third-order valence-corrected chi connectivity index (χ3v) is 6.60. The largest absolute Gasteiger partial charge is 0.383 e. The molecule has 2 aliphatic rings. The molecule has 0 amide bonds. The number of aryl methyl sites for hydroxylation is 1. The molecule has 4 nitrogen and oxygen atoms in total. The van der Waals surface area contributed by atoms with Gasteiger partial charge < -0.3 is 15.5 Å².